The lowest BCUT2D eigenvalue weighted by molar-refractivity contribution is 0.0118. The van der Waals surface area contributed by atoms with Crippen LogP contribution in [0.3, 0.4) is 0 Å². The summed E-state index contributed by atoms with van der Waals surface area (Å²) in [6.07, 6.45) is 8.54. The number of aromatic amines is 1. The molecule has 0 bridgehead atoms. The first-order valence-corrected chi connectivity index (χ1v) is 13.6. The second-order valence-corrected chi connectivity index (χ2v) is 11.6. The van der Waals surface area contributed by atoms with Gasteiger partial charge in [0.1, 0.15) is 11.2 Å². The molecule has 9 nitrogen and oxygen atoms in total. The van der Waals surface area contributed by atoms with Crippen LogP contribution in [0.4, 0.5) is 20.4 Å². The first-order valence-electron chi connectivity index (χ1n) is 13.6. The van der Waals surface area contributed by atoms with Gasteiger partial charge in [-0.2, -0.15) is 10.2 Å². The molecule has 37 heavy (non-hydrogen) atoms. The number of nitrogens with one attached hydrogen (secondary N) is 1. The zero-order valence-electron chi connectivity index (χ0n) is 21.2. The zero-order valence-corrected chi connectivity index (χ0v) is 21.2. The number of hydrogen-bond acceptors (Lipinski definition) is 6. The van der Waals surface area contributed by atoms with Crippen LogP contribution in [0.25, 0.3) is 22.2 Å². The van der Waals surface area contributed by atoms with Gasteiger partial charge < -0.3 is 15.2 Å². The fourth-order valence-corrected chi connectivity index (χ4v) is 6.73. The number of H-pyrrole nitrogens is 1. The van der Waals surface area contributed by atoms with E-state index in [1.807, 2.05) is 27.4 Å². The first kappa shape index (κ1) is 23.2. The Kier molecular flexibility index (Phi) is 5.19. The van der Waals surface area contributed by atoms with Crippen molar-refractivity contribution in [3.05, 3.63) is 22.6 Å². The number of anilines is 2. The standard InChI is InChI=1S/C26H34F2N8O/c1-33-20(35-9-2-3-17(35)12-34-10-8-26(27,28)14-34)11-19(32-33)18-13-36(23(15-4-5-15)16-6-7-16)25(37)21-22(18)30-31-24(21)29/h11,13,15-17,23H,2-10,12,14H2,1H3,(H3,29,30,31)/t17-/m1/s1. The zero-order chi connectivity index (χ0) is 25.5. The smallest absolute Gasteiger partial charge is 0.264 e. The molecule has 0 amide bonds. The molecule has 2 aliphatic carbocycles. The maximum Gasteiger partial charge on any atom is 0.264 e. The van der Waals surface area contributed by atoms with Gasteiger partial charge in [0.15, 0.2) is 5.82 Å². The molecule has 1 atom stereocenters. The molecule has 5 heterocycles. The van der Waals surface area contributed by atoms with Crippen LogP contribution < -0.4 is 16.2 Å². The average molecular weight is 513 g/mol. The molecule has 198 valence electrons. The van der Waals surface area contributed by atoms with Gasteiger partial charge in [0.2, 0.25) is 0 Å². The van der Waals surface area contributed by atoms with Gasteiger partial charge in [-0.15, -0.1) is 0 Å². The van der Waals surface area contributed by atoms with E-state index < -0.39 is 5.92 Å². The minimum atomic E-state index is -2.58. The van der Waals surface area contributed by atoms with Crippen LogP contribution in [0.2, 0.25) is 0 Å². The summed E-state index contributed by atoms with van der Waals surface area (Å²) in [4.78, 5) is 17.8. The minimum absolute atomic E-state index is 0.0582. The summed E-state index contributed by atoms with van der Waals surface area (Å²) in [5.74, 6) is -0.304. The molecule has 11 heteroatoms. The summed E-state index contributed by atoms with van der Waals surface area (Å²) in [5.41, 5.74) is 8.29. The molecule has 3 aromatic rings. The van der Waals surface area contributed by atoms with Crippen molar-refractivity contribution in [3.63, 3.8) is 0 Å². The molecule has 2 aliphatic heterocycles. The molecule has 2 saturated heterocycles. The predicted molar refractivity (Wildman–Crippen MR) is 138 cm³/mol. The SMILES string of the molecule is Cn1nc(-c2cn(C(C3CC3)C3CC3)c(=O)c3c(N)n[nH]c23)cc1N1CCC[C@@H]1CN1CCC(F)(F)C1. The second kappa shape index (κ2) is 8.28. The molecule has 3 N–H and O–H groups in total. The first-order chi connectivity index (χ1) is 17.8. The van der Waals surface area contributed by atoms with E-state index >= 15 is 0 Å². The van der Waals surface area contributed by atoms with E-state index in [0.717, 1.165) is 62.1 Å². The molecular weight excluding hydrogens is 478 g/mol. The summed E-state index contributed by atoms with van der Waals surface area (Å²) in [5, 5.41) is 12.5. The molecular formula is C26H34F2N8O. The Balaban J connectivity index is 1.25. The van der Waals surface area contributed by atoms with Gasteiger partial charge in [0.05, 0.1) is 17.8 Å². The highest BCUT2D eigenvalue weighted by molar-refractivity contribution is 5.97. The summed E-state index contributed by atoms with van der Waals surface area (Å²) in [6, 6.07) is 2.43. The number of halogens is 2. The molecule has 4 fully saturated rings. The second-order valence-electron chi connectivity index (χ2n) is 11.6. The Morgan fingerprint density at radius 2 is 1.95 bits per heavy atom. The van der Waals surface area contributed by atoms with Crippen molar-refractivity contribution in [2.24, 2.45) is 18.9 Å². The van der Waals surface area contributed by atoms with Crippen molar-refractivity contribution < 1.29 is 8.78 Å². The lowest BCUT2D eigenvalue weighted by Crippen LogP contribution is -2.41. The van der Waals surface area contributed by atoms with Crippen molar-refractivity contribution in [1.82, 2.24) is 29.4 Å². The van der Waals surface area contributed by atoms with Crippen molar-refractivity contribution in [2.45, 2.75) is 63.0 Å². The van der Waals surface area contributed by atoms with Crippen molar-refractivity contribution in [2.75, 3.05) is 36.8 Å². The van der Waals surface area contributed by atoms with Gasteiger partial charge in [-0.1, -0.05) is 0 Å². The maximum atomic E-state index is 13.8. The van der Waals surface area contributed by atoms with Gasteiger partial charge in [0.25, 0.3) is 11.5 Å². The quantitative estimate of drug-likeness (QED) is 0.504. The molecule has 4 aliphatic rings. The van der Waals surface area contributed by atoms with Crippen LogP contribution in [-0.4, -0.2) is 67.6 Å². The van der Waals surface area contributed by atoms with Gasteiger partial charge in [-0.25, -0.2) is 8.78 Å². The van der Waals surface area contributed by atoms with Crippen molar-refractivity contribution in [1.29, 1.82) is 0 Å². The lowest BCUT2D eigenvalue weighted by atomic mass is 10.0. The number of likely N-dealkylation sites (tertiary alicyclic amines) is 1. The van der Waals surface area contributed by atoms with E-state index in [9.17, 15) is 13.6 Å². The number of rotatable bonds is 7. The van der Waals surface area contributed by atoms with Crippen LogP contribution in [0.1, 0.15) is 51.0 Å². The predicted octanol–water partition coefficient (Wildman–Crippen LogP) is 3.38. The third-order valence-corrected chi connectivity index (χ3v) is 8.83. The van der Waals surface area contributed by atoms with Crippen LogP contribution in [-0.2, 0) is 7.05 Å². The van der Waals surface area contributed by atoms with E-state index in [2.05, 4.69) is 21.2 Å². The summed E-state index contributed by atoms with van der Waals surface area (Å²) < 4.78 is 31.4. The van der Waals surface area contributed by atoms with Gasteiger partial charge in [-0.3, -0.25) is 19.5 Å². The van der Waals surface area contributed by atoms with Gasteiger partial charge >= 0.3 is 0 Å². The Morgan fingerprint density at radius 1 is 1.19 bits per heavy atom. The van der Waals surface area contributed by atoms with Crippen molar-refractivity contribution >= 4 is 22.5 Å². The maximum absolute atomic E-state index is 13.8. The van der Waals surface area contributed by atoms with E-state index in [-0.39, 0.29) is 36.4 Å². The highest BCUT2D eigenvalue weighted by atomic mass is 19.3. The third-order valence-electron chi connectivity index (χ3n) is 8.83. The van der Waals surface area contributed by atoms with Crippen LogP contribution in [0.15, 0.2) is 17.1 Å². The third kappa shape index (κ3) is 4.02. The van der Waals surface area contributed by atoms with Gasteiger partial charge in [-0.05, 0) is 50.4 Å². The largest absolute Gasteiger partial charge is 0.382 e. The Labute approximate surface area is 213 Å². The number of aromatic nitrogens is 5. The van der Waals surface area contributed by atoms with Crippen LogP contribution in [0.5, 0.6) is 0 Å². The number of nitrogens with two attached hydrogens (primary N) is 1. The highest BCUT2D eigenvalue weighted by Gasteiger charge is 2.44. The number of alkyl halides is 2. The number of hydrogen-bond donors (Lipinski definition) is 2. The van der Waals surface area contributed by atoms with E-state index in [0.29, 0.717) is 35.8 Å². The topological polar surface area (TPSA) is 101 Å². The molecule has 0 unspecified atom stereocenters. The molecule has 0 radical (unpaired) electrons. The molecule has 0 aromatic carbocycles. The van der Waals surface area contributed by atoms with E-state index in [1.54, 1.807) is 0 Å². The number of pyridine rings is 1. The number of nitrogens with zero attached hydrogens (tertiary/aromatic N) is 6. The average Bonchev–Trinajstić information content (AvgIpc) is 3.72. The van der Waals surface area contributed by atoms with Crippen LogP contribution in [0, 0.1) is 11.8 Å². The number of fused-ring (bicyclic) bond motifs is 1. The van der Waals surface area contributed by atoms with E-state index in [4.69, 9.17) is 10.8 Å². The number of aryl methyl sites for hydroxylation is 1. The monoisotopic (exact) mass is 512 g/mol. The minimum Gasteiger partial charge on any atom is -0.382 e. The summed E-state index contributed by atoms with van der Waals surface area (Å²) in [7, 11) is 1.92. The fourth-order valence-electron chi connectivity index (χ4n) is 6.73. The fraction of sp³-hybridized carbons (Fsp3) is 0.654. The summed E-state index contributed by atoms with van der Waals surface area (Å²) in [6.45, 7) is 1.79. The normalized spacial score (nSPS) is 24.2. The molecule has 2 saturated carbocycles. The van der Waals surface area contributed by atoms with Crippen LogP contribution >= 0.6 is 0 Å². The molecule has 7 rings (SSSR count). The molecule has 3 aromatic heterocycles. The Bertz CT molecular complexity index is 1390. The lowest BCUT2D eigenvalue weighted by Gasteiger charge is -2.29. The summed E-state index contributed by atoms with van der Waals surface area (Å²) >= 11 is 0. The van der Waals surface area contributed by atoms with E-state index in [1.165, 1.54) is 0 Å². The highest BCUT2D eigenvalue weighted by Crippen LogP contribution is 2.52. The number of nitrogen functional groups attached to an aromatic ring is 1. The van der Waals surface area contributed by atoms with Gasteiger partial charge in [0, 0.05) is 63.0 Å². The van der Waals surface area contributed by atoms with Crippen molar-refractivity contribution in [3.8, 4) is 11.3 Å². The molecule has 0 spiro atoms. The Morgan fingerprint density at radius 3 is 2.62 bits per heavy atom. The Hall–Kier alpha value is -2.95.